The third-order valence-electron chi connectivity index (χ3n) is 2.33. The summed E-state index contributed by atoms with van der Waals surface area (Å²) in [6, 6.07) is 6.15. The number of rotatable bonds is 3. The van der Waals surface area contributed by atoms with Crippen molar-refractivity contribution in [3.05, 3.63) is 41.0 Å². The van der Waals surface area contributed by atoms with Crippen LogP contribution in [-0.2, 0) is 4.79 Å². The van der Waals surface area contributed by atoms with E-state index in [1.54, 1.807) is 6.08 Å². The highest BCUT2D eigenvalue weighted by Crippen LogP contribution is 2.14. The first kappa shape index (κ1) is 10.7. The zero-order chi connectivity index (χ0) is 10.6. The van der Waals surface area contributed by atoms with E-state index in [-0.39, 0.29) is 5.78 Å². The average Bonchev–Trinajstić information content (AvgIpc) is 2.16. The van der Waals surface area contributed by atoms with Crippen molar-refractivity contribution >= 4 is 11.9 Å². The Morgan fingerprint density at radius 3 is 2.36 bits per heavy atom. The lowest BCUT2D eigenvalue weighted by molar-refractivity contribution is -0.114. The van der Waals surface area contributed by atoms with Gasteiger partial charge >= 0.3 is 0 Å². The molecule has 0 radical (unpaired) electrons. The fraction of sp³-hybridized carbons (Fsp3) is 0.308. The Hall–Kier alpha value is -1.37. The number of aryl methyl sites for hydroxylation is 2. The van der Waals surface area contributed by atoms with Crippen molar-refractivity contribution in [2.45, 2.75) is 27.2 Å². The average molecular weight is 188 g/mol. The zero-order valence-corrected chi connectivity index (χ0v) is 9.00. The topological polar surface area (TPSA) is 17.1 Å². The number of hydrogen-bond acceptors (Lipinski definition) is 1. The Morgan fingerprint density at radius 2 is 1.86 bits per heavy atom. The van der Waals surface area contributed by atoms with E-state index in [4.69, 9.17) is 0 Å². The predicted molar refractivity (Wildman–Crippen MR) is 60.2 cm³/mol. The molecular formula is C13H16O. The van der Waals surface area contributed by atoms with E-state index >= 15 is 0 Å². The van der Waals surface area contributed by atoms with Crippen molar-refractivity contribution in [2.75, 3.05) is 0 Å². The summed E-state index contributed by atoms with van der Waals surface area (Å²) in [4.78, 5) is 11.1. The molecule has 1 aromatic rings. The summed E-state index contributed by atoms with van der Waals surface area (Å²) in [5.74, 6) is 0.174. The summed E-state index contributed by atoms with van der Waals surface area (Å²) in [6.45, 7) is 5.99. The van der Waals surface area contributed by atoms with Gasteiger partial charge in [0.2, 0.25) is 0 Å². The number of hydrogen-bond donors (Lipinski definition) is 0. The van der Waals surface area contributed by atoms with Crippen LogP contribution in [0.15, 0.2) is 24.3 Å². The first-order valence-corrected chi connectivity index (χ1v) is 4.92. The first-order chi connectivity index (χ1) is 6.65. The van der Waals surface area contributed by atoms with Gasteiger partial charge in [0.05, 0.1) is 0 Å². The molecular weight excluding hydrogens is 172 g/mol. The molecule has 0 fully saturated rings. The maximum Gasteiger partial charge on any atom is 0.155 e. The van der Waals surface area contributed by atoms with Crippen LogP contribution in [0.3, 0.4) is 0 Å². The number of allylic oxidation sites excluding steroid dienone is 1. The lowest BCUT2D eigenvalue weighted by Crippen LogP contribution is -1.89. The normalized spacial score (nSPS) is 10.8. The monoisotopic (exact) mass is 188 g/mol. The van der Waals surface area contributed by atoms with Crippen LogP contribution in [0.1, 0.15) is 30.0 Å². The summed E-state index contributed by atoms with van der Waals surface area (Å²) in [5.41, 5.74) is 3.59. The number of benzene rings is 1. The molecule has 0 aliphatic rings. The van der Waals surface area contributed by atoms with Gasteiger partial charge in [0.1, 0.15) is 0 Å². The molecule has 0 unspecified atom stereocenters. The molecule has 1 aromatic carbocycles. The second-order valence-electron chi connectivity index (χ2n) is 3.46. The van der Waals surface area contributed by atoms with Gasteiger partial charge in [-0.05, 0) is 36.6 Å². The molecule has 0 amide bonds. The van der Waals surface area contributed by atoms with Gasteiger partial charge < -0.3 is 0 Å². The van der Waals surface area contributed by atoms with Crippen molar-refractivity contribution in [3.63, 3.8) is 0 Å². The predicted octanol–water partition coefficient (Wildman–Crippen LogP) is 3.30. The summed E-state index contributed by atoms with van der Waals surface area (Å²) in [5, 5.41) is 0. The molecule has 0 N–H and O–H groups in total. The highest BCUT2D eigenvalue weighted by molar-refractivity contribution is 5.93. The SMILES string of the molecule is CCC(=O)C=Cc1c(C)cccc1C. The Bertz CT molecular complexity index is 341. The lowest BCUT2D eigenvalue weighted by atomic mass is 10.0. The molecule has 1 heteroatoms. The Kier molecular flexibility index (Phi) is 3.63. The van der Waals surface area contributed by atoms with Crippen molar-refractivity contribution in [1.82, 2.24) is 0 Å². The molecule has 1 rings (SSSR count). The smallest absolute Gasteiger partial charge is 0.155 e. The second kappa shape index (κ2) is 4.75. The fourth-order valence-electron chi connectivity index (χ4n) is 1.38. The van der Waals surface area contributed by atoms with Gasteiger partial charge in [-0.25, -0.2) is 0 Å². The highest BCUT2D eigenvalue weighted by Gasteiger charge is 1.98. The number of carbonyl (C=O) groups is 1. The molecule has 1 nitrogen and oxygen atoms in total. The molecule has 0 aromatic heterocycles. The van der Waals surface area contributed by atoms with Crippen LogP contribution >= 0.6 is 0 Å². The minimum atomic E-state index is 0.174. The van der Waals surface area contributed by atoms with Gasteiger partial charge in [-0.1, -0.05) is 31.2 Å². The van der Waals surface area contributed by atoms with Gasteiger partial charge in [-0.15, -0.1) is 0 Å². The van der Waals surface area contributed by atoms with Gasteiger partial charge in [-0.3, -0.25) is 4.79 Å². The molecule has 0 saturated carbocycles. The van der Waals surface area contributed by atoms with Crippen LogP contribution in [0.5, 0.6) is 0 Å². The van der Waals surface area contributed by atoms with E-state index in [9.17, 15) is 4.79 Å². The Labute approximate surface area is 85.5 Å². The largest absolute Gasteiger partial charge is 0.295 e. The van der Waals surface area contributed by atoms with Crippen LogP contribution < -0.4 is 0 Å². The van der Waals surface area contributed by atoms with Crippen LogP contribution in [0, 0.1) is 13.8 Å². The van der Waals surface area contributed by atoms with E-state index in [0.717, 1.165) is 5.56 Å². The van der Waals surface area contributed by atoms with E-state index in [1.807, 2.05) is 19.1 Å². The third-order valence-corrected chi connectivity index (χ3v) is 2.33. The van der Waals surface area contributed by atoms with Crippen LogP contribution in [-0.4, -0.2) is 5.78 Å². The van der Waals surface area contributed by atoms with Crippen molar-refractivity contribution in [1.29, 1.82) is 0 Å². The van der Waals surface area contributed by atoms with E-state index in [0.29, 0.717) is 6.42 Å². The van der Waals surface area contributed by atoms with Gasteiger partial charge in [0, 0.05) is 6.42 Å². The summed E-state index contributed by atoms with van der Waals surface area (Å²) < 4.78 is 0. The molecule has 0 atom stereocenters. The molecule has 0 aliphatic carbocycles. The standard InChI is InChI=1S/C13H16O/c1-4-12(14)8-9-13-10(2)6-5-7-11(13)3/h5-9H,4H2,1-3H3. The van der Waals surface area contributed by atoms with E-state index in [1.165, 1.54) is 11.1 Å². The summed E-state index contributed by atoms with van der Waals surface area (Å²) >= 11 is 0. The van der Waals surface area contributed by atoms with Crippen molar-refractivity contribution in [3.8, 4) is 0 Å². The van der Waals surface area contributed by atoms with E-state index < -0.39 is 0 Å². The first-order valence-electron chi connectivity index (χ1n) is 4.92. The highest BCUT2D eigenvalue weighted by atomic mass is 16.1. The molecule has 0 heterocycles. The third kappa shape index (κ3) is 2.56. The van der Waals surface area contributed by atoms with Crippen LogP contribution in [0.25, 0.3) is 6.08 Å². The van der Waals surface area contributed by atoms with Crippen molar-refractivity contribution < 1.29 is 4.79 Å². The van der Waals surface area contributed by atoms with Gasteiger partial charge in [0.25, 0.3) is 0 Å². The fourth-order valence-corrected chi connectivity index (χ4v) is 1.38. The Morgan fingerprint density at radius 1 is 1.29 bits per heavy atom. The minimum Gasteiger partial charge on any atom is -0.295 e. The maximum absolute atomic E-state index is 11.1. The quantitative estimate of drug-likeness (QED) is 0.665. The van der Waals surface area contributed by atoms with Gasteiger partial charge in [-0.2, -0.15) is 0 Å². The molecule has 14 heavy (non-hydrogen) atoms. The molecule has 0 spiro atoms. The number of carbonyl (C=O) groups excluding carboxylic acids is 1. The molecule has 74 valence electrons. The van der Waals surface area contributed by atoms with Gasteiger partial charge in [0.15, 0.2) is 5.78 Å². The maximum atomic E-state index is 11.1. The molecule has 0 bridgehead atoms. The second-order valence-corrected chi connectivity index (χ2v) is 3.46. The van der Waals surface area contributed by atoms with Crippen LogP contribution in [0.4, 0.5) is 0 Å². The Balaban J connectivity index is 2.96. The number of ketones is 1. The van der Waals surface area contributed by atoms with E-state index in [2.05, 4.69) is 26.0 Å². The molecule has 0 saturated heterocycles. The summed E-state index contributed by atoms with van der Waals surface area (Å²) in [6.07, 6.45) is 4.15. The minimum absolute atomic E-state index is 0.174. The lowest BCUT2D eigenvalue weighted by Gasteiger charge is -2.03. The molecule has 0 aliphatic heterocycles. The van der Waals surface area contributed by atoms with Crippen molar-refractivity contribution in [2.24, 2.45) is 0 Å². The van der Waals surface area contributed by atoms with Crippen LogP contribution in [0.2, 0.25) is 0 Å². The summed E-state index contributed by atoms with van der Waals surface area (Å²) in [7, 11) is 0. The zero-order valence-electron chi connectivity index (χ0n) is 9.00.